The molecular weight excluding hydrogens is 140 g/mol. The predicted molar refractivity (Wildman–Crippen MR) is 42.5 cm³/mol. The third-order valence-corrected chi connectivity index (χ3v) is 1.48. The molecule has 3 heteroatoms. The Morgan fingerprint density at radius 3 is 3.00 bits per heavy atom. The molecule has 60 valence electrons. The van der Waals surface area contributed by atoms with Crippen LogP contribution in [0.15, 0.2) is 6.33 Å². The molecule has 0 bridgehead atoms. The predicted octanol–water partition coefficient (Wildman–Crippen LogP) is 1.42. The maximum absolute atomic E-state index is 10.4. The van der Waals surface area contributed by atoms with E-state index in [4.69, 9.17) is 0 Å². The summed E-state index contributed by atoms with van der Waals surface area (Å²) in [7, 11) is 0. The SMILES string of the molecule is CC(C)Cc1[nH]cnc1C=O. The number of imidazole rings is 1. The fourth-order valence-electron chi connectivity index (χ4n) is 1.00. The Morgan fingerprint density at radius 1 is 1.73 bits per heavy atom. The molecule has 0 saturated heterocycles. The number of aromatic amines is 1. The lowest BCUT2D eigenvalue weighted by Crippen LogP contribution is -1.97. The summed E-state index contributed by atoms with van der Waals surface area (Å²) in [5.74, 6) is 0.550. The van der Waals surface area contributed by atoms with Crippen molar-refractivity contribution in [2.24, 2.45) is 5.92 Å². The van der Waals surface area contributed by atoms with E-state index in [9.17, 15) is 4.79 Å². The van der Waals surface area contributed by atoms with Crippen LogP contribution in [0.3, 0.4) is 0 Å². The Bertz CT molecular complexity index is 240. The van der Waals surface area contributed by atoms with E-state index < -0.39 is 0 Å². The summed E-state index contributed by atoms with van der Waals surface area (Å²) in [6.07, 6.45) is 3.23. The van der Waals surface area contributed by atoms with Gasteiger partial charge in [0.05, 0.1) is 6.33 Å². The molecular formula is C8H12N2O. The van der Waals surface area contributed by atoms with Gasteiger partial charge in [0.2, 0.25) is 0 Å². The van der Waals surface area contributed by atoms with E-state index in [0.29, 0.717) is 11.6 Å². The Kier molecular flexibility index (Phi) is 2.41. The molecule has 3 nitrogen and oxygen atoms in total. The van der Waals surface area contributed by atoms with E-state index in [1.165, 1.54) is 0 Å². The van der Waals surface area contributed by atoms with Crippen molar-refractivity contribution < 1.29 is 4.79 Å². The lowest BCUT2D eigenvalue weighted by molar-refractivity contribution is 0.111. The number of carbonyl (C=O) groups excluding carboxylic acids is 1. The van der Waals surface area contributed by atoms with E-state index in [1.54, 1.807) is 6.33 Å². The second kappa shape index (κ2) is 3.32. The van der Waals surface area contributed by atoms with Gasteiger partial charge in [0, 0.05) is 5.69 Å². The number of aldehydes is 1. The summed E-state index contributed by atoms with van der Waals surface area (Å²) < 4.78 is 0. The van der Waals surface area contributed by atoms with Gasteiger partial charge in [-0.15, -0.1) is 0 Å². The number of hydrogen-bond acceptors (Lipinski definition) is 2. The lowest BCUT2D eigenvalue weighted by Gasteiger charge is -2.00. The Hall–Kier alpha value is -1.12. The fraction of sp³-hybridized carbons (Fsp3) is 0.500. The molecule has 0 aliphatic carbocycles. The number of aromatic nitrogens is 2. The summed E-state index contributed by atoms with van der Waals surface area (Å²) in [5.41, 5.74) is 1.48. The first-order chi connectivity index (χ1) is 5.24. The van der Waals surface area contributed by atoms with Gasteiger partial charge < -0.3 is 4.98 Å². The van der Waals surface area contributed by atoms with Crippen molar-refractivity contribution in [2.75, 3.05) is 0 Å². The maximum Gasteiger partial charge on any atom is 0.170 e. The smallest absolute Gasteiger partial charge is 0.170 e. The van der Waals surface area contributed by atoms with Gasteiger partial charge in [-0.2, -0.15) is 0 Å². The van der Waals surface area contributed by atoms with Crippen molar-refractivity contribution in [3.8, 4) is 0 Å². The highest BCUT2D eigenvalue weighted by Gasteiger charge is 2.05. The number of nitrogens with zero attached hydrogens (tertiary/aromatic N) is 1. The van der Waals surface area contributed by atoms with Gasteiger partial charge in [-0.1, -0.05) is 13.8 Å². The number of nitrogens with one attached hydrogen (secondary N) is 1. The molecule has 1 rings (SSSR count). The summed E-state index contributed by atoms with van der Waals surface area (Å²) >= 11 is 0. The van der Waals surface area contributed by atoms with Crippen LogP contribution < -0.4 is 0 Å². The average molecular weight is 152 g/mol. The average Bonchev–Trinajstić information content (AvgIpc) is 2.34. The second-order valence-corrected chi connectivity index (χ2v) is 2.98. The fourth-order valence-corrected chi connectivity index (χ4v) is 1.00. The highest BCUT2D eigenvalue weighted by Crippen LogP contribution is 2.06. The Morgan fingerprint density at radius 2 is 2.45 bits per heavy atom. The summed E-state index contributed by atoms with van der Waals surface area (Å²) in [6, 6.07) is 0. The molecule has 0 fully saturated rings. The van der Waals surface area contributed by atoms with Gasteiger partial charge in [0.15, 0.2) is 6.29 Å². The lowest BCUT2D eigenvalue weighted by atomic mass is 10.1. The van der Waals surface area contributed by atoms with Crippen LogP contribution in [-0.4, -0.2) is 16.3 Å². The first-order valence-electron chi connectivity index (χ1n) is 3.71. The molecule has 1 N–H and O–H groups in total. The quantitative estimate of drug-likeness (QED) is 0.666. The second-order valence-electron chi connectivity index (χ2n) is 2.98. The zero-order chi connectivity index (χ0) is 8.27. The van der Waals surface area contributed by atoms with Crippen molar-refractivity contribution in [1.82, 2.24) is 9.97 Å². The molecule has 0 atom stereocenters. The molecule has 0 aliphatic heterocycles. The van der Waals surface area contributed by atoms with E-state index in [-0.39, 0.29) is 0 Å². The van der Waals surface area contributed by atoms with Gasteiger partial charge in [-0.3, -0.25) is 4.79 Å². The van der Waals surface area contributed by atoms with Crippen molar-refractivity contribution in [3.63, 3.8) is 0 Å². The summed E-state index contributed by atoms with van der Waals surface area (Å²) in [4.78, 5) is 17.2. The molecule has 0 saturated carbocycles. The van der Waals surface area contributed by atoms with E-state index >= 15 is 0 Å². The minimum Gasteiger partial charge on any atom is -0.348 e. The zero-order valence-corrected chi connectivity index (χ0v) is 6.79. The Labute approximate surface area is 65.8 Å². The van der Waals surface area contributed by atoms with E-state index in [2.05, 4.69) is 23.8 Å². The number of H-pyrrole nitrogens is 1. The third-order valence-electron chi connectivity index (χ3n) is 1.48. The van der Waals surface area contributed by atoms with Crippen LogP contribution in [0.2, 0.25) is 0 Å². The maximum atomic E-state index is 10.4. The highest BCUT2D eigenvalue weighted by atomic mass is 16.1. The molecule has 0 radical (unpaired) electrons. The largest absolute Gasteiger partial charge is 0.348 e. The molecule has 1 aromatic rings. The molecule has 0 spiro atoms. The number of carbonyl (C=O) groups is 1. The normalized spacial score (nSPS) is 10.5. The first kappa shape index (κ1) is 7.98. The van der Waals surface area contributed by atoms with Crippen LogP contribution in [0.5, 0.6) is 0 Å². The monoisotopic (exact) mass is 152 g/mol. The molecule has 1 heterocycles. The van der Waals surface area contributed by atoms with Gasteiger partial charge in [-0.25, -0.2) is 4.98 Å². The minimum absolute atomic E-state index is 0.540. The highest BCUT2D eigenvalue weighted by molar-refractivity contribution is 5.73. The van der Waals surface area contributed by atoms with Crippen LogP contribution in [0.1, 0.15) is 30.0 Å². The first-order valence-corrected chi connectivity index (χ1v) is 3.71. The van der Waals surface area contributed by atoms with Crippen LogP contribution in [0.4, 0.5) is 0 Å². The van der Waals surface area contributed by atoms with E-state index in [0.717, 1.165) is 18.4 Å². The van der Waals surface area contributed by atoms with Gasteiger partial charge in [0.25, 0.3) is 0 Å². The van der Waals surface area contributed by atoms with Crippen LogP contribution in [0, 0.1) is 5.92 Å². The van der Waals surface area contributed by atoms with Gasteiger partial charge in [-0.05, 0) is 12.3 Å². The third kappa shape index (κ3) is 1.90. The molecule has 0 aromatic carbocycles. The van der Waals surface area contributed by atoms with Crippen LogP contribution in [0.25, 0.3) is 0 Å². The standard InChI is InChI=1S/C8H12N2O/c1-6(2)3-7-8(4-11)10-5-9-7/h4-6H,3H2,1-2H3,(H,9,10). The number of hydrogen-bond donors (Lipinski definition) is 1. The molecule has 0 amide bonds. The van der Waals surface area contributed by atoms with Gasteiger partial charge in [0.1, 0.15) is 5.69 Å². The van der Waals surface area contributed by atoms with Crippen LogP contribution in [-0.2, 0) is 6.42 Å². The van der Waals surface area contributed by atoms with Crippen molar-refractivity contribution in [2.45, 2.75) is 20.3 Å². The number of rotatable bonds is 3. The topological polar surface area (TPSA) is 45.8 Å². The zero-order valence-electron chi connectivity index (χ0n) is 6.79. The molecule has 0 unspecified atom stereocenters. The van der Waals surface area contributed by atoms with E-state index in [1.807, 2.05) is 0 Å². The van der Waals surface area contributed by atoms with Crippen molar-refractivity contribution in [3.05, 3.63) is 17.7 Å². The van der Waals surface area contributed by atoms with Crippen LogP contribution >= 0.6 is 0 Å². The van der Waals surface area contributed by atoms with Gasteiger partial charge >= 0.3 is 0 Å². The summed E-state index contributed by atoms with van der Waals surface area (Å²) in [5, 5.41) is 0. The molecule has 0 aliphatic rings. The minimum atomic E-state index is 0.540. The van der Waals surface area contributed by atoms with Crippen molar-refractivity contribution in [1.29, 1.82) is 0 Å². The Balaban J connectivity index is 2.76. The molecule has 11 heavy (non-hydrogen) atoms. The summed E-state index contributed by atoms with van der Waals surface area (Å²) in [6.45, 7) is 4.21. The van der Waals surface area contributed by atoms with Crippen molar-refractivity contribution >= 4 is 6.29 Å². The molecule has 1 aromatic heterocycles.